The van der Waals surface area contributed by atoms with Crippen molar-refractivity contribution in [1.82, 2.24) is 4.31 Å². The van der Waals surface area contributed by atoms with Gasteiger partial charge in [-0.25, -0.2) is 12.8 Å². The third kappa shape index (κ3) is 4.12. The first kappa shape index (κ1) is 18.8. The standard InChI is InChI=1S/C16H17FN2O5S/c1-12-6-5-8-14(19(20)21)16(12)25(22,23)18(2)10-11-24-15-9-4-3-7-13(15)17/h3-9H,10-11H2,1-2H3. The number of nitrogens with zero attached hydrogens (tertiary/aromatic N) is 2. The summed E-state index contributed by atoms with van der Waals surface area (Å²) in [6.07, 6.45) is 0. The quantitative estimate of drug-likeness (QED) is 0.554. The van der Waals surface area contributed by atoms with Crippen molar-refractivity contribution >= 4 is 15.7 Å². The molecule has 0 atom stereocenters. The van der Waals surface area contributed by atoms with E-state index in [1.807, 2.05) is 0 Å². The number of sulfonamides is 1. The van der Waals surface area contributed by atoms with Crippen molar-refractivity contribution in [2.45, 2.75) is 11.8 Å². The average molecular weight is 368 g/mol. The van der Waals surface area contributed by atoms with Crippen molar-refractivity contribution in [2.24, 2.45) is 0 Å². The van der Waals surface area contributed by atoms with Crippen LogP contribution in [0.3, 0.4) is 0 Å². The monoisotopic (exact) mass is 368 g/mol. The molecule has 2 aromatic carbocycles. The van der Waals surface area contributed by atoms with Crippen molar-refractivity contribution in [3.63, 3.8) is 0 Å². The molecule has 7 nitrogen and oxygen atoms in total. The van der Waals surface area contributed by atoms with Crippen molar-refractivity contribution in [2.75, 3.05) is 20.2 Å². The molecule has 0 saturated carbocycles. The number of halogens is 1. The summed E-state index contributed by atoms with van der Waals surface area (Å²) in [7, 11) is -2.80. The van der Waals surface area contributed by atoms with Gasteiger partial charge in [0.2, 0.25) is 10.0 Å². The fourth-order valence-electron chi connectivity index (χ4n) is 2.24. The molecule has 0 aliphatic carbocycles. The zero-order chi connectivity index (χ0) is 18.6. The number of benzene rings is 2. The van der Waals surface area contributed by atoms with E-state index in [4.69, 9.17) is 4.74 Å². The van der Waals surface area contributed by atoms with E-state index in [-0.39, 0.29) is 29.4 Å². The zero-order valence-electron chi connectivity index (χ0n) is 13.7. The summed E-state index contributed by atoms with van der Waals surface area (Å²) in [6.45, 7) is 1.29. The second-order valence-corrected chi connectivity index (χ2v) is 7.27. The van der Waals surface area contributed by atoms with Crippen LogP contribution in [0, 0.1) is 22.9 Å². The first-order valence-electron chi connectivity index (χ1n) is 7.33. The number of rotatable bonds is 7. The number of likely N-dealkylation sites (N-methyl/N-ethyl adjacent to an activating group) is 1. The molecule has 9 heteroatoms. The van der Waals surface area contributed by atoms with Crippen molar-refractivity contribution < 1.29 is 22.5 Å². The van der Waals surface area contributed by atoms with E-state index in [9.17, 15) is 22.9 Å². The van der Waals surface area contributed by atoms with E-state index >= 15 is 0 Å². The first-order chi connectivity index (χ1) is 11.7. The molecule has 0 amide bonds. The van der Waals surface area contributed by atoms with Gasteiger partial charge in [0.15, 0.2) is 16.5 Å². The molecule has 2 aromatic rings. The van der Waals surface area contributed by atoms with Crippen LogP contribution < -0.4 is 4.74 Å². The van der Waals surface area contributed by atoms with Crippen LogP contribution in [0.1, 0.15) is 5.56 Å². The van der Waals surface area contributed by atoms with Gasteiger partial charge < -0.3 is 4.74 Å². The second kappa shape index (κ2) is 7.58. The van der Waals surface area contributed by atoms with E-state index in [1.165, 1.54) is 44.3 Å². The van der Waals surface area contributed by atoms with Gasteiger partial charge in [0.25, 0.3) is 5.69 Å². The molecule has 2 rings (SSSR count). The van der Waals surface area contributed by atoms with E-state index < -0.39 is 26.5 Å². The van der Waals surface area contributed by atoms with Gasteiger partial charge in [0.1, 0.15) is 6.61 Å². The van der Waals surface area contributed by atoms with Gasteiger partial charge in [-0.2, -0.15) is 4.31 Å². The Morgan fingerprint density at radius 3 is 2.52 bits per heavy atom. The van der Waals surface area contributed by atoms with Crippen LogP contribution in [0.4, 0.5) is 10.1 Å². The molecule has 134 valence electrons. The predicted molar refractivity (Wildman–Crippen MR) is 89.5 cm³/mol. The lowest BCUT2D eigenvalue weighted by atomic mass is 10.2. The molecule has 0 aromatic heterocycles. The summed E-state index contributed by atoms with van der Waals surface area (Å²) in [5, 5.41) is 11.1. The predicted octanol–water partition coefficient (Wildman–Crippen LogP) is 2.74. The van der Waals surface area contributed by atoms with E-state index in [1.54, 1.807) is 6.07 Å². The fraction of sp³-hybridized carbons (Fsp3) is 0.250. The zero-order valence-corrected chi connectivity index (χ0v) is 14.5. The number of aryl methyl sites for hydroxylation is 1. The normalized spacial score (nSPS) is 11.5. The maximum absolute atomic E-state index is 13.5. The van der Waals surface area contributed by atoms with Crippen molar-refractivity contribution in [3.05, 3.63) is 64.0 Å². The van der Waals surface area contributed by atoms with Crippen LogP contribution in [0.25, 0.3) is 0 Å². The van der Waals surface area contributed by atoms with Gasteiger partial charge in [-0.3, -0.25) is 10.1 Å². The summed E-state index contributed by atoms with van der Waals surface area (Å²) in [5.74, 6) is -0.544. The smallest absolute Gasteiger partial charge is 0.289 e. The van der Waals surface area contributed by atoms with Gasteiger partial charge in [-0.15, -0.1) is 0 Å². The lowest BCUT2D eigenvalue weighted by Crippen LogP contribution is -2.32. The molecule has 0 unspecified atom stereocenters. The summed E-state index contributed by atoms with van der Waals surface area (Å²) in [4.78, 5) is 10.1. The van der Waals surface area contributed by atoms with Gasteiger partial charge in [-0.05, 0) is 24.6 Å². The van der Waals surface area contributed by atoms with Crippen LogP contribution in [-0.4, -0.2) is 37.8 Å². The molecular weight excluding hydrogens is 351 g/mol. The molecule has 25 heavy (non-hydrogen) atoms. The Bertz CT molecular complexity index is 886. The number of nitro benzene ring substituents is 1. The Hall–Kier alpha value is -2.52. The third-order valence-electron chi connectivity index (χ3n) is 3.56. The molecule has 0 bridgehead atoms. The molecule has 0 aliphatic heterocycles. The number of para-hydroxylation sites is 1. The van der Waals surface area contributed by atoms with Gasteiger partial charge in [0.05, 0.1) is 4.92 Å². The maximum atomic E-state index is 13.5. The summed E-state index contributed by atoms with van der Waals surface area (Å²) in [5.41, 5.74) is -0.210. The van der Waals surface area contributed by atoms with Crippen LogP contribution in [0.15, 0.2) is 47.4 Å². The summed E-state index contributed by atoms with van der Waals surface area (Å²) < 4.78 is 45.0. The molecule has 0 fully saturated rings. The number of hydrogen-bond acceptors (Lipinski definition) is 5. The second-order valence-electron chi connectivity index (χ2n) is 5.29. The lowest BCUT2D eigenvalue weighted by molar-refractivity contribution is -0.387. The lowest BCUT2D eigenvalue weighted by Gasteiger charge is -2.18. The van der Waals surface area contributed by atoms with Gasteiger partial charge >= 0.3 is 0 Å². The van der Waals surface area contributed by atoms with Gasteiger partial charge in [-0.1, -0.05) is 24.3 Å². The molecule has 0 spiro atoms. The molecular formula is C16H17FN2O5S. The van der Waals surface area contributed by atoms with E-state index in [0.717, 1.165) is 10.4 Å². The van der Waals surface area contributed by atoms with E-state index in [0.29, 0.717) is 0 Å². The first-order valence-corrected chi connectivity index (χ1v) is 8.77. The summed E-state index contributed by atoms with van der Waals surface area (Å²) >= 11 is 0. The van der Waals surface area contributed by atoms with Crippen LogP contribution in [-0.2, 0) is 10.0 Å². The highest BCUT2D eigenvalue weighted by molar-refractivity contribution is 7.89. The van der Waals surface area contributed by atoms with Crippen LogP contribution >= 0.6 is 0 Å². The SMILES string of the molecule is Cc1cccc([N+](=O)[O-])c1S(=O)(=O)N(C)CCOc1ccccc1F. The Morgan fingerprint density at radius 2 is 1.88 bits per heavy atom. The van der Waals surface area contributed by atoms with Crippen LogP contribution in [0.5, 0.6) is 5.75 Å². The number of hydrogen-bond donors (Lipinski definition) is 0. The highest BCUT2D eigenvalue weighted by Gasteiger charge is 2.31. The minimum Gasteiger partial charge on any atom is -0.489 e. The Labute approximate surface area is 144 Å². The third-order valence-corrected chi connectivity index (χ3v) is 5.61. The van der Waals surface area contributed by atoms with Gasteiger partial charge in [0, 0.05) is 19.7 Å². The largest absolute Gasteiger partial charge is 0.489 e. The fourth-order valence-corrected chi connectivity index (χ4v) is 3.75. The highest BCUT2D eigenvalue weighted by atomic mass is 32.2. The highest BCUT2D eigenvalue weighted by Crippen LogP contribution is 2.29. The Kier molecular flexibility index (Phi) is 5.70. The topological polar surface area (TPSA) is 89.8 Å². The minimum atomic E-state index is -4.09. The minimum absolute atomic E-state index is 0.00942. The van der Waals surface area contributed by atoms with Crippen molar-refractivity contribution in [3.8, 4) is 5.75 Å². The van der Waals surface area contributed by atoms with Crippen molar-refractivity contribution in [1.29, 1.82) is 0 Å². The molecule has 0 N–H and O–H groups in total. The molecule has 0 saturated heterocycles. The number of nitro groups is 1. The van der Waals surface area contributed by atoms with E-state index in [2.05, 4.69) is 0 Å². The maximum Gasteiger partial charge on any atom is 0.289 e. The average Bonchev–Trinajstić information content (AvgIpc) is 2.55. The Morgan fingerprint density at radius 1 is 1.20 bits per heavy atom. The molecule has 0 heterocycles. The molecule has 0 aliphatic rings. The molecule has 0 radical (unpaired) electrons. The Balaban J connectivity index is 2.17. The van der Waals surface area contributed by atoms with Crippen LogP contribution in [0.2, 0.25) is 0 Å². The number of ether oxygens (including phenoxy) is 1. The summed E-state index contributed by atoms with van der Waals surface area (Å²) in [6, 6.07) is 9.81.